The molecule has 0 aliphatic heterocycles. The molecule has 0 aliphatic carbocycles. The molecule has 1 N–H and O–H groups in total. The maximum atomic E-state index is 11.7. The number of carbonyl (C=O) groups excluding carboxylic acids is 1. The first-order valence-electron chi connectivity index (χ1n) is 5.77. The molecule has 6 heteroatoms. The highest BCUT2D eigenvalue weighted by Crippen LogP contribution is 2.14. The van der Waals surface area contributed by atoms with Crippen molar-refractivity contribution in [3.05, 3.63) is 17.4 Å². The Labute approximate surface area is 112 Å². The second-order valence-corrected chi connectivity index (χ2v) is 6.21. The number of halogens is 1. The van der Waals surface area contributed by atoms with Crippen LogP contribution in [0, 0.1) is 0 Å². The minimum atomic E-state index is -0.510. The number of alkyl carbamates (subject to hydrolysis) is 1. The Bertz CT molecular complexity index is 421. The highest BCUT2D eigenvalue weighted by molar-refractivity contribution is 6.29. The van der Waals surface area contributed by atoms with E-state index in [0.29, 0.717) is 11.7 Å². The average molecular weight is 274 g/mol. The largest absolute Gasteiger partial charge is 0.444 e. The fourth-order valence-electron chi connectivity index (χ4n) is 1.43. The summed E-state index contributed by atoms with van der Waals surface area (Å²) in [6, 6.07) is 1.70. The Morgan fingerprint density at radius 3 is 2.50 bits per heavy atom. The lowest BCUT2D eigenvalue weighted by molar-refractivity contribution is 0.0462. The number of carbonyl (C=O) groups is 1. The maximum absolute atomic E-state index is 11.7. The first-order chi connectivity index (χ1) is 8.09. The van der Waals surface area contributed by atoms with E-state index < -0.39 is 17.2 Å². The molecule has 0 atom stereocenters. The molecule has 0 fully saturated rings. The van der Waals surface area contributed by atoms with Crippen LogP contribution in [0.4, 0.5) is 4.79 Å². The molecule has 0 saturated heterocycles. The topological polar surface area (TPSA) is 56.2 Å². The fourth-order valence-corrected chi connectivity index (χ4v) is 1.59. The monoisotopic (exact) mass is 273 g/mol. The number of aromatic nitrogens is 2. The van der Waals surface area contributed by atoms with Gasteiger partial charge in [-0.25, -0.2) is 4.79 Å². The van der Waals surface area contributed by atoms with Crippen molar-refractivity contribution in [3.8, 4) is 0 Å². The zero-order chi connectivity index (χ0) is 14.0. The first-order valence-corrected chi connectivity index (χ1v) is 6.15. The average Bonchev–Trinajstić information content (AvgIpc) is 2.45. The van der Waals surface area contributed by atoms with Crippen LogP contribution in [0.3, 0.4) is 0 Å². The summed E-state index contributed by atoms with van der Waals surface area (Å²) in [5.41, 5.74) is -1.01. The molecule has 5 nitrogen and oxygen atoms in total. The Hall–Kier alpha value is -1.23. The summed E-state index contributed by atoms with van der Waals surface area (Å²) in [7, 11) is 0. The molecule has 0 radical (unpaired) electrons. The minimum Gasteiger partial charge on any atom is -0.444 e. The van der Waals surface area contributed by atoms with Crippen LogP contribution in [0.2, 0.25) is 5.15 Å². The van der Waals surface area contributed by atoms with E-state index in [-0.39, 0.29) is 0 Å². The number of hydrogen-bond acceptors (Lipinski definition) is 3. The minimum absolute atomic E-state index is 0.448. The van der Waals surface area contributed by atoms with Gasteiger partial charge in [0.05, 0.1) is 18.3 Å². The molecule has 0 aromatic carbocycles. The summed E-state index contributed by atoms with van der Waals surface area (Å²) in [5.74, 6) is 0. The zero-order valence-electron chi connectivity index (χ0n) is 11.5. The Balaban J connectivity index is 2.60. The molecular formula is C12H20ClN3O2. The van der Waals surface area contributed by atoms with Gasteiger partial charge in [-0.2, -0.15) is 5.10 Å². The molecule has 1 amide bonds. The Morgan fingerprint density at radius 2 is 2.06 bits per heavy atom. The number of amides is 1. The van der Waals surface area contributed by atoms with Crippen LogP contribution >= 0.6 is 11.6 Å². The van der Waals surface area contributed by atoms with E-state index in [4.69, 9.17) is 16.3 Å². The van der Waals surface area contributed by atoms with Crippen LogP contribution < -0.4 is 5.32 Å². The molecule has 1 heterocycles. The van der Waals surface area contributed by atoms with E-state index in [1.165, 1.54) is 0 Å². The normalized spacial score (nSPS) is 12.3. The standard InChI is InChI=1S/C12H20ClN3O2/c1-11(2,3)18-10(17)15-12(4,5)8-16-9(13)6-7-14-16/h6-7H,8H2,1-5H3,(H,15,17). The molecule has 0 unspecified atom stereocenters. The third kappa shape index (κ3) is 4.96. The number of ether oxygens (including phenoxy) is 1. The van der Waals surface area contributed by atoms with Gasteiger partial charge in [-0.15, -0.1) is 0 Å². The fraction of sp³-hybridized carbons (Fsp3) is 0.667. The summed E-state index contributed by atoms with van der Waals surface area (Å²) in [6.45, 7) is 9.71. The van der Waals surface area contributed by atoms with Crippen LogP contribution in [-0.2, 0) is 11.3 Å². The SMILES string of the molecule is CC(C)(Cn1nccc1Cl)NC(=O)OC(C)(C)C. The number of rotatable bonds is 3. The van der Waals surface area contributed by atoms with Crippen LogP contribution in [-0.4, -0.2) is 27.0 Å². The van der Waals surface area contributed by atoms with Crippen molar-refractivity contribution in [1.82, 2.24) is 15.1 Å². The highest BCUT2D eigenvalue weighted by Gasteiger charge is 2.25. The van der Waals surface area contributed by atoms with E-state index in [2.05, 4.69) is 10.4 Å². The summed E-state index contributed by atoms with van der Waals surface area (Å²) in [5, 5.41) is 7.41. The quantitative estimate of drug-likeness (QED) is 0.921. The molecule has 0 spiro atoms. The van der Waals surface area contributed by atoms with E-state index in [1.807, 2.05) is 34.6 Å². The summed E-state index contributed by atoms with van der Waals surface area (Å²) in [6.07, 6.45) is 1.17. The first kappa shape index (κ1) is 14.8. The van der Waals surface area contributed by atoms with Gasteiger partial charge >= 0.3 is 6.09 Å². The van der Waals surface area contributed by atoms with Gasteiger partial charge < -0.3 is 10.1 Å². The van der Waals surface area contributed by atoms with Gasteiger partial charge in [0.2, 0.25) is 0 Å². The van der Waals surface area contributed by atoms with E-state index >= 15 is 0 Å². The second-order valence-electron chi connectivity index (χ2n) is 5.82. The lowest BCUT2D eigenvalue weighted by Gasteiger charge is -2.28. The van der Waals surface area contributed by atoms with E-state index in [1.54, 1.807) is 16.9 Å². The van der Waals surface area contributed by atoms with Crippen LogP contribution in [0.1, 0.15) is 34.6 Å². The van der Waals surface area contributed by atoms with Crippen molar-refractivity contribution < 1.29 is 9.53 Å². The molecule has 0 aliphatic rings. The molecule has 18 heavy (non-hydrogen) atoms. The van der Waals surface area contributed by atoms with Gasteiger partial charge in [-0.1, -0.05) is 11.6 Å². The van der Waals surface area contributed by atoms with Crippen LogP contribution in [0.15, 0.2) is 12.3 Å². The van der Waals surface area contributed by atoms with E-state index in [9.17, 15) is 4.79 Å². The van der Waals surface area contributed by atoms with Gasteiger partial charge in [0.25, 0.3) is 0 Å². The van der Waals surface area contributed by atoms with Crippen molar-refractivity contribution in [2.75, 3.05) is 0 Å². The van der Waals surface area contributed by atoms with Crippen molar-refractivity contribution in [3.63, 3.8) is 0 Å². The van der Waals surface area contributed by atoms with Gasteiger partial charge in [0.15, 0.2) is 0 Å². The molecular weight excluding hydrogens is 254 g/mol. The zero-order valence-corrected chi connectivity index (χ0v) is 12.2. The maximum Gasteiger partial charge on any atom is 0.408 e. The highest BCUT2D eigenvalue weighted by atomic mass is 35.5. The predicted molar refractivity (Wildman–Crippen MR) is 70.7 cm³/mol. The lowest BCUT2D eigenvalue weighted by atomic mass is 10.1. The molecule has 1 aromatic heterocycles. The van der Waals surface area contributed by atoms with Crippen LogP contribution in [0.25, 0.3) is 0 Å². The Kier molecular flexibility index (Phi) is 4.27. The lowest BCUT2D eigenvalue weighted by Crippen LogP contribution is -2.48. The number of nitrogens with one attached hydrogen (secondary N) is 1. The van der Waals surface area contributed by atoms with Crippen molar-refractivity contribution in [1.29, 1.82) is 0 Å². The predicted octanol–water partition coefficient (Wildman–Crippen LogP) is 2.84. The molecule has 1 rings (SSSR count). The van der Waals surface area contributed by atoms with Gasteiger partial charge in [-0.05, 0) is 40.7 Å². The third-order valence-corrected chi connectivity index (χ3v) is 2.37. The number of nitrogens with zero attached hydrogens (tertiary/aromatic N) is 2. The van der Waals surface area contributed by atoms with E-state index in [0.717, 1.165) is 0 Å². The summed E-state index contributed by atoms with van der Waals surface area (Å²) < 4.78 is 6.83. The second kappa shape index (κ2) is 5.18. The Morgan fingerprint density at radius 1 is 1.44 bits per heavy atom. The van der Waals surface area contributed by atoms with Crippen LogP contribution in [0.5, 0.6) is 0 Å². The molecule has 0 saturated carbocycles. The van der Waals surface area contributed by atoms with Crippen molar-refractivity contribution in [2.24, 2.45) is 0 Å². The molecule has 0 bridgehead atoms. The smallest absolute Gasteiger partial charge is 0.408 e. The van der Waals surface area contributed by atoms with Crippen molar-refractivity contribution in [2.45, 2.75) is 52.3 Å². The number of hydrogen-bond donors (Lipinski definition) is 1. The third-order valence-electron chi connectivity index (χ3n) is 2.05. The van der Waals surface area contributed by atoms with Gasteiger partial charge in [-0.3, -0.25) is 4.68 Å². The van der Waals surface area contributed by atoms with Gasteiger partial charge in [0.1, 0.15) is 10.8 Å². The molecule has 102 valence electrons. The molecule has 1 aromatic rings. The summed E-state index contributed by atoms with van der Waals surface area (Å²) in [4.78, 5) is 11.7. The van der Waals surface area contributed by atoms with Crippen molar-refractivity contribution >= 4 is 17.7 Å². The summed E-state index contributed by atoms with van der Waals surface area (Å²) >= 11 is 5.95. The van der Waals surface area contributed by atoms with Gasteiger partial charge in [0, 0.05) is 0 Å².